The molecule has 0 aliphatic carbocycles. The molecule has 0 amide bonds. The zero-order valence-electron chi connectivity index (χ0n) is 2.60. The van der Waals surface area contributed by atoms with Crippen molar-refractivity contribution in [1.82, 2.24) is 0 Å². The van der Waals surface area contributed by atoms with Crippen LogP contribution in [0.2, 0.25) is 0 Å². The first-order valence-corrected chi connectivity index (χ1v) is 0.258. The Bertz CT molecular complexity index is 10.8. The molecule has 0 heterocycles. The molecule has 0 aliphatic heterocycles. The molecule has 0 spiro atoms. The van der Waals surface area contributed by atoms with Gasteiger partial charge in [0.05, 0.1) is 0 Å². The van der Waals surface area contributed by atoms with Crippen LogP contribution in [0.5, 0.6) is 0 Å². The fourth-order valence-electron chi connectivity index (χ4n) is 0. The Morgan fingerprint density at radius 2 is 1.25 bits per heavy atom. The van der Waals surface area contributed by atoms with Crippen molar-refractivity contribution in [2.45, 2.75) is 0 Å². The molecule has 0 aromatic carbocycles. The molecule has 2 nitrogen and oxygen atoms in total. The minimum atomic E-state index is 0. The van der Waals surface area contributed by atoms with Crippen LogP contribution in [-0.2, 0) is 0 Å². The topological polar surface area (TPSA) is 57.3 Å². The smallest absolute Gasteiger partial charge is 0.693 e. The molecule has 0 saturated carbocycles. The van der Waals surface area contributed by atoms with Crippen LogP contribution in [0.4, 0.5) is 0 Å². The first-order valence-electron chi connectivity index (χ1n) is 0.258. The zero-order chi connectivity index (χ0) is 2.00. The van der Waals surface area contributed by atoms with E-state index in [2.05, 4.69) is 6.57 Å². The summed E-state index contributed by atoms with van der Waals surface area (Å²) < 4.78 is 0. The van der Waals surface area contributed by atoms with E-state index in [4.69, 9.17) is 5.26 Å². The number of hydrogen-bond acceptors (Lipinski definition) is 1. The third-order valence-corrected chi connectivity index (χ3v) is 0. The van der Waals surface area contributed by atoms with Gasteiger partial charge in [-0.05, 0) is 0 Å². The van der Waals surface area contributed by atoms with Gasteiger partial charge in [-0.25, -0.2) is 5.26 Å². The number of nitrogens with two attached hydrogens (primary N) is 1. The van der Waals surface area contributed by atoms with Crippen molar-refractivity contribution < 1.29 is 29.6 Å². The Kier molecular flexibility index (Phi) is 644. The number of nitriles is 1. The first-order chi connectivity index (χ1) is 1.00. The summed E-state index contributed by atoms with van der Waals surface area (Å²) in [6.45, 7) is 3.50. The van der Waals surface area contributed by atoms with Gasteiger partial charge in [-0.1, -0.05) is 0 Å². The Labute approximate surface area is 47.7 Å². The van der Waals surface area contributed by atoms with E-state index in [0.29, 0.717) is 0 Å². The first kappa shape index (κ1) is 25.2. The maximum Gasteiger partial charge on any atom is 1.00 e. The molecule has 0 bridgehead atoms. The van der Waals surface area contributed by atoms with Crippen LogP contribution in [0.1, 0.15) is 0 Å². The largest absolute Gasteiger partial charge is 1.00 e. The average Bonchev–Trinajstić information content (AvgIpc) is 1.00. The zero-order valence-corrected chi connectivity index (χ0v) is 4.60. The molecule has 0 aromatic heterocycles. The standard InChI is InChI=1S/CHN.H2N.Na/c1-2;;/h1H;1H2;/q;-1;+1. The van der Waals surface area contributed by atoms with Crippen molar-refractivity contribution in [2.24, 2.45) is 0 Å². The number of nitrogens with zero attached hydrogens (tertiary/aromatic N) is 1. The molecule has 0 aromatic rings. The summed E-state index contributed by atoms with van der Waals surface area (Å²) in [5, 5.41) is 6.50. The van der Waals surface area contributed by atoms with E-state index in [1.54, 1.807) is 0 Å². The van der Waals surface area contributed by atoms with E-state index in [9.17, 15) is 0 Å². The molecule has 3 heteroatoms. The summed E-state index contributed by atoms with van der Waals surface area (Å²) in [6.07, 6.45) is 0. The van der Waals surface area contributed by atoms with E-state index < -0.39 is 0 Å². The van der Waals surface area contributed by atoms with E-state index in [1.807, 2.05) is 0 Å². The normalized spacial score (nSPS) is 0.500. The third kappa shape index (κ3) is 25.4. The minimum absolute atomic E-state index is 0. The molecule has 0 rings (SSSR count). The van der Waals surface area contributed by atoms with Gasteiger partial charge < -0.3 is 6.15 Å². The number of rotatable bonds is 0. The summed E-state index contributed by atoms with van der Waals surface area (Å²) in [5.74, 6) is 0. The Morgan fingerprint density at radius 3 is 1.25 bits per heavy atom. The van der Waals surface area contributed by atoms with E-state index in [0.717, 1.165) is 0 Å². The van der Waals surface area contributed by atoms with Crippen molar-refractivity contribution in [3.63, 3.8) is 0 Å². The van der Waals surface area contributed by atoms with Gasteiger partial charge in [0.25, 0.3) is 0 Å². The second kappa shape index (κ2) is 102. The van der Waals surface area contributed by atoms with E-state index >= 15 is 0 Å². The summed E-state index contributed by atoms with van der Waals surface area (Å²) in [4.78, 5) is 0. The maximum absolute atomic E-state index is 6.50. The summed E-state index contributed by atoms with van der Waals surface area (Å²) in [7, 11) is 0. The molecule has 18 valence electrons. The van der Waals surface area contributed by atoms with Crippen molar-refractivity contribution >= 4 is 0 Å². The maximum atomic E-state index is 6.50. The molecule has 0 atom stereocenters. The molecule has 4 heavy (non-hydrogen) atoms. The third-order valence-electron chi connectivity index (χ3n) is 0. The summed E-state index contributed by atoms with van der Waals surface area (Å²) >= 11 is 0. The molecular formula is CH3N2Na. The van der Waals surface area contributed by atoms with E-state index in [-0.39, 0.29) is 35.7 Å². The fraction of sp³-hybridized carbons (Fsp3) is 0. The average molecular weight is 66.0 g/mol. The second-order valence-corrected chi connectivity index (χ2v) is 0. The minimum Gasteiger partial charge on any atom is -0.693 e. The Hall–Kier alpha value is 0.450. The Morgan fingerprint density at radius 1 is 1.25 bits per heavy atom. The quantitative estimate of drug-likeness (QED) is 0.298. The SMILES string of the molecule is C#N.[NH2-].[Na+]. The van der Waals surface area contributed by atoms with Gasteiger partial charge >= 0.3 is 29.6 Å². The van der Waals surface area contributed by atoms with Gasteiger partial charge in [0.1, 0.15) is 0 Å². The second-order valence-electron chi connectivity index (χ2n) is 0. The monoisotopic (exact) mass is 66.0 g/mol. The van der Waals surface area contributed by atoms with Crippen molar-refractivity contribution in [1.29, 1.82) is 5.26 Å². The van der Waals surface area contributed by atoms with Crippen LogP contribution in [0.3, 0.4) is 0 Å². The van der Waals surface area contributed by atoms with Gasteiger partial charge in [0.15, 0.2) is 0 Å². The van der Waals surface area contributed by atoms with Gasteiger partial charge in [-0.2, -0.15) is 0 Å². The summed E-state index contributed by atoms with van der Waals surface area (Å²) in [5.41, 5.74) is 0. The van der Waals surface area contributed by atoms with Crippen molar-refractivity contribution in [3.05, 3.63) is 6.15 Å². The Balaban J connectivity index is -0.00000000500. The molecule has 2 N–H and O–H groups in total. The van der Waals surface area contributed by atoms with E-state index in [1.165, 1.54) is 0 Å². The van der Waals surface area contributed by atoms with Gasteiger partial charge in [-0.3, -0.25) is 0 Å². The molecule has 0 fully saturated rings. The predicted octanol–water partition coefficient (Wildman–Crippen LogP) is -2.14. The molecule has 0 radical (unpaired) electrons. The predicted molar refractivity (Wildman–Crippen MR) is 12.0 cm³/mol. The van der Waals surface area contributed by atoms with Crippen LogP contribution in [0, 0.1) is 11.8 Å². The molecule has 0 saturated heterocycles. The van der Waals surface area contributed by atoms with Crippen LogP contribution in [0.25, 0.3) is 6.15 Å². The summed E-state index contributed by atoms with van der Waals surface area (Å²) in [6, 6.07) is 0. The van der Waals surface area contributed by atoms with Crippen molar-refractivity contribution in [3.8, 4) is 6.57 Å². The van der Waals surface area contributed by atoms with Crippen LogP contribution >= 0.6 is 0 Å². The van der Waals surface area contributed by atoms with Crippen LogP contribution in [-0.4, -0.2) is 0 Å². The number of hydrogen-bond donors (Lipinski definition) is 0. The molecule has 0 aliphatic rings. The molecule has 0 unspecified atom stereocenters. The van der Waals surface area contributed by atoms with Crippen LogP contribution in [0.15, 0.2) is 0 Å². The molecular weight excluding hydrogens is 63.0 g/mol. The fourth-order valence-corrected chi connectivity index (χ4v) is 0. The van der Waals surface area contributed by atoms with Crippen LogP contribution < -0.4 is 29.6 Å². The van der Waals surface area contributed by atoms with Gasteiger partial charge in [0.2, 0.25) is 0 Å². The van der Waals surface area contributed by atoms with Crippen molar-refractivity contribution in [2.75, 3.05) is 0 Å². The van der Waals surface area contributed by atoms with Gasteiger partial charge in [0, 0.05) is 6.57 Å². The van der Waals surface area contributed by atoms with Gasteiger partial charge in [-0.15, -0.1) is 0 Å².